The lowest BCUT2D eigenvalue weighted by Gasteiger charge is -2.22. The summed E-state index contributed by atoms with van der Waals surface area (Å²) in [6.45, 7) is 4.10. The third-order valence-electron chi connectivity index (χ3n) is 4.17. The minimum Gasteiger partial charge on any atom is -0.305 e. The predicted octanol–water partition coefficient (Wildman–Crippen LogP) is 4.20. The summed E-state index contributed by atoms with van der Waals surface area (Å²) in [7, 11) is 0. The number of carbonyl (C=O) groups excluding carboxylic acids is 1. The van der Waals surface area contributed by atoms with E-state index in [0.29, 0.717) is 0 Å². The number of amides is 1. The van der Waals surface area contributed by atoms with Crippen LogP contribution in [0.2, 0.25) is 0 Å². The van der Waals surface area contributed by atoms with Gasteiger partial charge in [-0.15, -0.1) is 11.3 Å². The highest BCUT2D eigenvalue weighted by molar-refractivity contribution is 7.18. The van der Waals surface area contributed by atoms with Gasteiger partial charge in [0.1, 0.15) is 0 Å². The molecule has 4 rings (SSSR count). The first-order valence-corrected chi connectivity index (χ1v) is 8.24. The number of aromatic nitrogens is 1. The average Bonchev–Trinajstić information content (AvgIpc) is 3.03. The van der Waals surface area contributed by atoms with Crippen LogP contribution in [-0.2, 0) is 6.42 Å². The Morgan fingerprint density at radius 2 is 2.09 bits per heavy atom. The second-order valence-electron chi connectivity index (χ2n) is 5.77. The summed E-state index contributed by atoms with van der Waals surface area (Å²) in [5.74, 6) is 0.0744. The van der Waals surface area contributed by atoms with Gasteiger partial charge in [-0.3, -0.25) is 4.79 Å². The molecule has 1 amide bonds. The van der Waals surface area contributed by atoms with Gasteiger partial charge >= 0.3 is 0 Å². The number of hydrogen-bond donors (Lipinski definition) is 0. The molecule has 2 heterocycles. The number of para-hydroxylation sites is 1. The third-order valence-corrected chi connectivity index (χ3v) is 5.10. The van der Waals surface area contributed by atoms with Crippen molar-refractivity contribution in [3.05, 3.63) is 58.6 Å². The van der Waals surface area contributed by atoms with E-state index in [1.165, 1.54) is 5.56 Å². The van der Waals surface area contributed by atoms with Crippen molar-refractivity contribution in [1.29, 1.82) is 0 Å². The fourth-order valence-corrected chi connectivity index (χ4v) is 4.05. The summed E-state index contributed by atoms with van der Waals surface area (Å²) in [6, 6.07) is 14.2. The minimum atomic E-state index is 0.0744. The number of rotatable bonds is 1. The Morgan fingerprint density at radius 1 is 1.27 bits per heavy atom. The fourth-order valence-electron chi connectivity index (χ4n) is 3.19. The molecule has 3 nitrogen and oxygen atoms in total. The van der Waals surface area contributed by atoms with Crippen LogP contribution in [0.4, 0.5) is 5.69 Å². The molecule has 0 saturated carbocycles. The van der Waals surface area contributed by atoms with Gasteiger partial charge in [-0.05, 0) is 50.1 Å². The normalized spacial score (nSPS) is 17.0. The number of thiazole rings is 1. The van der Waals surface area contributed by atoms with Crippen molar-refractivity contribution in [2.75, 3.05) is 4.90 Å². The predicted molar refractivity (Wildman–Crippen MR) is 90.8 cm³/mol. The van der Waals surface area contributed by atoms with Crippen molar-refractivity contribution >= 4 is 33.1 Å². The van der Waals surface area contributed by atoms with Gasteiger partial charge < -0.3 is 4.90 Å². The minimum absolute atomic E-state index is 0.0744. The molecule has 2 aromatic carbocycles. The molecule has 0 saturated heterocycles. The lowest BCUT2D eigenvalue weighted by molar-refractivity contribution is 0.0981. The van der Waals surface area contributed by atoms with Crippen LogP contribution in [0.5, 0.6) is 0 Å². The highest BCUT2D eigenvalue weighted by atomic mass is 32.1. The Kier molecular flexibility index (Phi) is 3.01. The molecule has 3 aromatic rings. The number of nitrogens with zero attached hydrogens (tertiary/aromatic N) is 2. The molecule has 4 heteroatoms. The van der Waals surface area contributed by atoms with E-state index in [-0.39, 0.29) is 11.9 Å². The maximum atomic E-state index is 13.0. The Bertz CT molecular complexity index is 884. The lowest BCUT2D eigenvalue weighted by atomic mass is 10.1. The molecule has 1 aliphatic rings. The van der Waals surface area contributed by atoms with E-state index < -0.39 is 0 Å². The number of anilines is 1. The Hall–Kier alpha value is -2.20. The van der Waals surface area contributed by atoms with Crippen LogP contribution in [0, 0.1) is 6.92 Å². The van der Waals surface area contributed by atoms with E-state index in [9.17, 15) is 4.79 Å². The molecule has 0 bridgehead atoms. The molecular formula is C18H16N2OS. The standard InChI is InChI=1S/C18H16N2OS/c1-11-9-13-5-3-4-6-16(13)20(11)18(21)14-7-8-15-17(10-14)22-12(2)19-15/h3-8,10-11H,9H2,1-2H3/t11-/m0/s1. The first-order chi connectivity index (χ1) is 10.6. The van der Waals surface area contributed by atoms with Gasteiger partial charge in [-0.1, -0.05) is 18.2 Å². The van der Waals surface area contributed by atoms with Gasteiger partial charge in [0.2, 0.25) is 0 Å². The third kappa shape index (κ3) is 2.03. The maximum Gasteiger partial charge on any atom is 0.258 e. The second-order valence-corrected chi connectivity index (χ2v) is 7.01. The molecule has 0 unspecified atom stereocenters. The van der Waals surface area contributed by atoms with Crippen molar-refractivity contribution in [2.45, 2.75) is 26.3 Å². The van der Waals surface area contributed by atoms with Gasteiger partial charge in [-0.2, -0.15) is 0 Å². The zero-order chi connectivity index (χ0) is 15.3. The largest absolute Gasteiger partial charge is 0.305 e. The van der Waals surface area contributed by atoms with E-state index in [1.54, 1.807) is 11.3 Å². The summed E-state index contributed by atoms with van der Waals surface area (Å²) in [4.78, 5) is 19.4. The number of benzene rings is 2. The Labute approximate surface area is 133 Å². The molecule has 22 heavy (non-hydrogen) atoms. The van der Waals surface area contributed by atoms with Crippen molar-refractivity contribution in [3.8, 4) is 0 Å². The van der Waals surface area contributed by atoms with Gasteiger partial charge in [0.15, 0.2) is 0 Å². The summed E-state index contributed by atoms with van der Waals surface area (Å²) in [5, 5.41) is 1.03. The van der Waals surface area contributed by atoms with E-state index >= 15 is 0 Å². The van der Waals surface area contributed by atoms with Crippen molar-refractivity contribution in [3.63, 3.8) is 0 Å². The van der Waals surface area contributed by atoms with Crippen LogP contribution >= 0.6 is 11.3 Å². The Morgan fingerprint density at radius 3 is 2.95 bits per heavy atom. The molecule has 1 aromatic heterocycles. The van der Waals surface area contributed by atoms with E-state index in [2.05, 4.69) is 18.0 Å². The fraction of sp³-hybridized carbons (Fsp3) is 0.222. The Balaban J connectivity index is 1.76. The molecular weight excluding hydrogens is 292 g/mol. The number of hydrogen-bond acceptors (Lipinski definition) is 3. The molecule has 1 aliphatic heterocycles. The highest BCUT2D eigenvalue weighted by Gasteiger charge is 2.31. The quantitative estimate of drug-likeness (QED) is 0.675. The zero-order valence-corrected chi connectivity index (χ0v) is 13.4. The second kappa shape index (κ2) is 4.92. The van der Waals surface area contributed by atoms with Crippen LogP contribution < -0.4 is 4.90 Å². The summed E-state index contributed by atoms with van der Waals surface area (Å²) >= 11 is 1.63. The van der Waals surface area contributed by atoms with Gasteiger partial charge in [0.25, 0.3) is 5.91 Å². The van der Waals surface area contributed by atoms with Crippen LogP contribution in [0.15, 0.2) is 42.5 Å². The number of carbonyl (C=O) groups is 1. The molecule has 0 aliphatic carbocycles. The lowest BCUT2D eigenvalue weighted by Crippen LogP contribution is -2.35. The first kappa shape index (κ1) is 13.5. The van der Waals surface area contributed by atoms with Crippen LogP contribution in [0.25, 0.3) is 10.2 Å². The summed E-state index contributed by atoms with van der Waals surface area (Å²) in [5.41, 5.74) is 3.99. The smallest absolute Gasteiger partial charge is 0.258 e. The molecule has 0 fully saturated rings. The maximum absolute atomic E-state index is 13.0. The van der Waals surface area contributed by atoms with Crippen molar-refractivity contribution in [2.24, 2.45) is 0 Å². The van der Waals surface area contributed by atoms with Gasteiger partial charge in [-0.25, -0.2) is 4.98 Å². The molecule has 0 spiro atoms. The van der Waals surface area contributed by atoms with Crippen LogP contribution in [-0.4, -0.2) is 16.9 Å². The van der Waals surface area contributed by atoms with Crippen molar-refractivity contribution < 1.29 is 4.79 Å². The molecule has 0 radical (unpaired) electrons. The first-order valence-electron chi connectivity index (χ1n) is 7.42. The summed E-state index contributed by atoms with van der Waals surface area (Å²) < 4.78 is 1.07. The van der Waals surface area contributed by atoms with Crippen LogP contribution in [0.1, 0.15) is 27.9 Å². The average molecular weight is 308 g/mol. The van der Waals surface area contributed by atoms with E-state index in [1.807, 2.05) is 48.2 Å². The van der Waals surface area contributed by atoms with Gasteiger partial charge in [0, 0.05) is 17.3 Å². The van der Waals surface area contributed by atoms with E-state index in [0.717, 1.165) is 32.9 Å². The topological polar surface area (TPSA) is 33.2 Å². The van der Waals surface area contributed by atoms with Crippen molar-refractivity contribution in [1.82, 2.24) is 4.98 Å². The number of fused-ring (bicyclic) bond motifs is 2. The highest BCUT2D eigenvalue weighted by Crippen LogP contribution is 2.33. The SMILES string of the molecule is Cc1nc2ccc(C(=O)N3c4ccccc4C[C@@H]3C)cc2s1. The van der Waals surface area contributed by atoms with E-state index in [4.69, 9.17) is 0 Å². The monoisotopic (exact) mass is 308 g/mol. The molecule has 110 valence electrons. The molecule has 0 N–H and O–H groups in total. The summed E-state index contributed by atoms with van der Waals surface area (Å²) in [6.07, 6.45) is 0.920. The van der Waals surface area contributed by atoms with Gasteiger partial charge in [0.05, 0.1) is 15.2 Å². The zero-order valence-electron chi connectivity index (χ0n) is 12.5. The number of aryl methyl sites for hydroxylation is 1. The molecule has 1 atom stereocenters. The van der Waals surface area contributed by atoms with Crippen LogP contribution in [0.3, 0.4) is 0 Å².